The Labute approximate surface area is 135 Å². The number of carbonyl (C=O) groups is 1. The molecular weight excluding hydrogens is 314 g/mol. The van der Waals surface area contributed by atoms with E-state index in [9.17, 15) is 13.6 Å². The fourth-order valence-electron chi connectivity index (χ4n) is 2.44. The van der Waals surface area contributed by atoms with Gasteiger partial charge in [-0.05, 0) is 37.1 Å². The lowest BCUT2D eigenvalue weighted by Gasteiger charge is -2.19. The van der Waals surface area contributed by atoms with E-state index in [1.807, 2.05) is 0 Å². The Morgan fingerprint density at radius 3 is 2.64 bits per heavy atom. The molecule has 4 nitrogen and oxygen atoms in total. The van der Waals surface area contributed by atoms with Gasteiger partial charge in [0.2, 0.25) is 5.91 Å². The summed E-state index contributed by atoms with van der Waals surface area (Å²) in [5, 5.41) is 3.30. The van der Waals surface area contributed by atoms with Crippen molar-refractivity contribution >= 4 is 18.3 Å². The summed E-state index contributed by atoms with van der Waals surface area (Å²) in [5.74, 6) is 0.209. The first-order valence-electron chi connectivity index (χ1n) is 7.05. The molecule has 0 aromatic heterocycles. The average molecular weight is 335 g/mol. The van der Waals surface area contributed by atoms with E-state index < -0.39 is 6.61 Å². The Bertz CT molecular complexity index is 465. The summed E-state index contributed by atoms with van der Waals surface area (Å²) in [7, 11) is 1.75. The Morgan fingerprint density at radius 1 is 1.41 bits per heavy atom. The molecule has 22 heavy (non-hydrogen) atoms. The number of ether oxygens (including phenoxy) is 1. The van der Waals surface area contributed by atoms with Gasteiger partial charge in [-0.15, -0.1) is 12.4 Å². The van der Waals surface area contributed by atoms with Crippen molar-refractivity contribution in [1.82, 2.24) is 10.2 Å². The van der Waals surface area contributed by atoms with E-state index in [1.54, 1.807) is 24.1 Å². The molecule has 1 amide bonds. The van der Waals surface area contributed by atoms with Gasteiger partial charge in [0.05, 0.1) is 0 Å². The van der Waals surface area contributed by atoms with E-state index in [4.69, 9.17) is 0 Å². The van der Waals surface area contributed by atoms with Crippen molar-refractivity contribution in [2.45, 2.75) is 38.5 Å². The molecule has 1 N–H and O–H groups in total. The number of hydrogen-bond acceptors (Lipinski definition) is 3. The average Bonchev–Trinajstić information content (AvgIpc) is 2.93. The summed E-state index contributed by atoms with van der Waals surface area (Å²) in [6.07, 6.45) is 2.66. The molecule has 0 saturated carbocycles. The van der Waals surface area contributed by atoms with Crippen LogP contribution in [0.1, 0.15) is 24.8 Å². The second kappa shape index (κ2) is 8.90. The fraction of sp³-hybridized carbons (Fsp3) is 0.533. The zero-order chi connectivity index (χ0) is 15.2. The quantitative estimate of drug-likeness (QED) is 0.869. The summed E-state index contributed by atoms with van der Waals surface area (Å²) >= 11 is 0. The lowest BCUT2D eigenvalue weighted by molar-refractivity contribution is -0.130. The summed E-state index contributed by atoms with van der Waals surface area (Å²) in [4.78, 5) is 13.7. The summed E-state index contributed by atoms with van der Waals surface area (Å²) in [5.41, 5.74) is 0.881. The Morgan fingerprint density at radius 2 is 2.09 bits per heavy atom. The number of alkyl halides is 2. The summed E-state index contributed by atoms with van der Waals surface area (Å²) in [6.45, 7) is -1.38. The van der Waals surface area contributed by atoms with Gasteiger partial charge in [-0.25, -0.2) is 0 Å². The van der Waals surface area contributed by atoms with E-state index in [0.29, 0.717) is 13.0 Å². The largest absolute Gasteiger partial charge is 0.435 e. The maximum atomic E-state index is 12.1. The van der Waals surface area contributed by atoms with E-state index >= 15 is 0 Å². The first-order valence-corrected chi connectivity index (χ1v) is 7.05. The Hall–Kier alpha value is -1.40. The van der Waals surface area contributed by atoms with E-state index in [2.05, 4.69) is 10.1 Å². The second-order valence-electron chi connectivity index (χ2n) is 5.27. The fourth-order valence-corrected chi connectivity index (χ4v) is 2.44. The molecule has 2 rings (SSSR count). The molecule has 7 heteroatoms. The number of rotatable bonds is 6. The van der Waals surface area contributed by atoms with Gasteiger partial charge in [-0.3, -0.25) is 4.79 Å². The number of nitrogens with zero attached hydrogens (tertiary/aromatic N) is 1. The monoisotopic (exact) mass is 334 g/mol. The smallest absolute Gasteiger partial charge is 0.387 e. The number of nitrogens with one attached hydrogen (secondary N) is 1. The summed E-state index contributed by atoms with van der Waals surface area (Å²) < 4.78 is 28.4. The van der Waals surface area contributed by atoms with Crippen molar-refractivity contribution < 1.29 is 18.3 Å². The van der Waals surface area contributed by atoms with Crippen LogP contribution in [0.25, 0.3) is 0 Å². The van der Waals surface area contributed by atoms with Gasteiger partial charge in [0.15, 0.2) is 0 Å². The predicted molar refractivity (Wildman–Crippen MR) is 82.4 cm³/mol. The van der Waals surface area contributed by atoms with Gasteiger partial charge in [0.25, 0.3) is 0 Å². The van der Waals surface area contributed by atoms with Crippen LogP contribution in [-0.2, 0) is 11.3 Å². The van der Waals surface area contributed by atoms with Gasteiger partial charge >= 0.3 is 6.61 Å². The van der Waals surface area contributed by atoms with Crippen LogP contribution in [0.4, 0.5) is 8.78 Å². The van der Waals surface area contributed by atoms with Crippen molar-refractivity contribution in [1.29, 1.82) is 0 Å². The molecule has 0 radical (unpaired) electrons. The van der Waals surface area contributed by atoms with E-state index in [1.165, 1.54) is 12.1 Å². The van der Waals surface area contributed by atoms with Crippen molar-refractivity contribution in [2.24, 2.45) is 0 Å². The minimum absolute atomic E-state index is 0. The third-order valence-corrected chi connectivity index (χ3v) is 3.58. The molecule has 1 heterocycles. The highest BCUT2D eigenvalue weighted by Gasteiger charge is 2.19. The predicted octanol–water partition coefficient (Wildman–Crippen LogP) is 2.81. The van der Waals surface area contributed by atoms with Crippen molar-refractivity contribution in [3.8, 4) is 5.75 Å². The highest BCUT2D eigenvalue weighted by molar-refractivity contribution is 5.85. The molecule has 1 saturated heterocycles. The molecule has 124 valence electrons. The van der Waals surface area contributed by atoms with Gasteiger partial charge in [-0.2, -0.15) is 8.78 Å². The van der Waals surface area contributed by atoms with Crippen molar-refractivity contribution in [2.75, 3.05) is 13.6 Å². The lowest BCUT2D eigenvalue weighted by atomic mass is 10.1. The maximum absolute atomic E-state index is 12.1. The third-order valence-electron chi connectivity index (χ3n) is 3.58. The number of amides is 1. The zero-order valence-corrected chi connectivity index (χ0v) is 13.2. The molecule has 1 atom stereocenters. The van der Waals surface area contributed by atoms with Crippen LogP contribution in [0.3, 0.4) is 0 Å². The first-order chi connectivity index (χ1) is 10.0. The standard InChI is InChI=1S/C15H20F2N2O2.ClH/c1-19(14(20)9-12-3-2-8-18-12)10-11-4-6-13(7-5-11)21-15(16)17;/h4-7,12,15,18H,2-3,8-10H2,1H3;1H. The minimum Gasteiger partial charge on any atom is -0.435 e. The van der Waals surface area contributed by atoms with Gasteiger partial charge in [0, 0.05) is 26.1 Å². The third kappa shape index (κ3) is 5.77. The second-order valence-corrected chi connectivity index (χ2v) is 5.27. The molecule has 0 bridgehead atoms. The molecule has 0 spiro atoms. The normalized spacial score (nSPS) is 17.2. The van der Waals surface area contributed by atoms with Gasteiger partial charge in [-0.1, -0.05) is 12.1 Å². The Balaban J connectivity index is 0.00000242. The number of carbonyl (C=O) groups excluding carboxylic acids is 1. The highest BCUT2D eigenvalue weighted by Crippen LogP contribution is 2.16. The molecule has 0 aliphatic carbocycles. The van der Waals surface area contributed by atoms with Crippen molar-refractivity contribution in [3.63, 3.8) is 0 Å². The summed E-state index contributed by atoms with van der Waals surface area (Å²) in [6, 6.07) is 6.63. The minimum atomic E-state index is -2.82. The van der Waals surface area contributed by atoms with Crippen LogP contribution in [0.15, 0.2) is 24.3 Å². The first kappa shape index (κ1) is 18.6. The number of halogens is 3. The molecule has 1 fully saturated rings. The maximum Gasteiger partial charge on any atom is 0.387 e. The van der Waals surface area contributed by atoms with Crippen LogP contribution in [-0.4, -0.2) is 37.1 Å². The topological polar surface area (TPSA) is 41.6 Å². The molecular formula is C15H21ClF2N2O2. The lowest BCUT2D eigenvalue weighted by Crippen LogP contribution is -2.33. The molecule has 1 unspecified atom stereocenters. The van der Waals surface area contributed by atoms with Crippen LogP contribution in [0.5, 0.6) is 5.75 Å². The van der Waals surface area contributed by atoms with E-state index in [0.717, 1.165) is 24.9 Å². The van der Waals surface area contributed by atoms with Crippen LogP contribution >= 0.6 is 12.4 Å². The number of hydrogen-bond donors (Lipinski definition) is 1. The molecule has 1 aromatic carbocycles. The highest BCUT2D eigenvalue weighted by atomic mass is 35.5. The number of benzene rings is 1. The van der Waals surface area contributed by atoms with Gasteiger partial charge in [0.1, 0.15) is 5.75 Å². The van der Waals surface area contributed by atoms with Crippen LogP contribution in [0.2, 0.25) is 0 Å². The Kier molecular flexibility index (Phi) is 7.55. The SMILES string of the molecule is CN(Cc1ccc(OC(F)F)cc1)C(=O)CC1CCCN1.Cl. The van der Waals surface area contributed by atoms with Gasteiger partial charge < -0.3 is 15.0 Å². The zero-order valence-electron chi connectivity index (χ0n) is 12.4. The van der Waals surface area contributed by atoms with E-state index in [-0.39, 0.29) is 30.1 Å². The molecule has 1 aliphatic heterocycles. The molecule has 1 aliphatic rings. The van der Waals surface area contributed by atoms with Crippen LogP contribution in [0, 0.1) is 0 Å². The van der Waals surface area contributed by atoms with Crippen LogP contribution < -0.4 is 10.1 Å². The van der Waals surface area contributed by atoms with Crippen molar-refractivity contribution in [3.05, 3.63) is 29.8 Å². The molecule has 1 aromatic rings.